The molecule has 8 nitrogen and oxygen atoms in total. The first-order valence-electron chi connectivity index (χ1n) is 10.3. The van der Waals surface area contributed by atoms with Gasteiger partial charge in [-0.1, -0.05) is 17.3 Å². The number of nitrogens with one attached hydrogen (secondary N) is 1. The Morgan fingerprint density at radius 3 is 2.87 bits per heavy atom. The molecule has 31 heavy (non-hydrogen) atoms. The molecule has 1 atom stereocenters. The molecule has 1 aliphatic rings. The Balaban J connectivity index is 1.63. The number of aryl methyl sites for hydroxylation is 1. The molecule has 1 fully saturated rings. The standard InChI is InChI=1S/C23H23N5O3/c1-13-4-6-19-21(31-27-22(19)25-15(3)29)20(13)16-5-7-18-17(10-16)11-24-26-23(18)28-8-9-30-12-14(28)2/h4-7,10-11,14H,8-9,12H2,1-3H3,(H,25,27,29)/t14-/m0/s1. The van der Waals surface area contributed by atoms with E-state index in [1.807, 2.05) is 19.1 Å². The summed E-state index contributed by atoms with van der Waals surface area (Å²) in [5, 5.41) is 18.3. The zero-order valence-corrected chi connectivity index (χ0v) is 17.7. The van der Waals surface area contributed by atoms with Gasteiger partial charge in [-0.2, -0.15) is 5.10 Å². The van der Waals surface area contributed by atoms with Crippen molar-refractivity contribution < 1.29 is 14.1 Å². The Morgan fingerprint density at radius 2 is 2.06 bits per heavy atom. The average Bonchev–Trinajstić information content (AvgIpc) is 3.15. The van der Waals surface area contributed by atoms with Gasteiger partial charge in [0.15, 0.2) is 17.2 Å². The molecule has 1 saturated heterocycles. The summed E-state index contributed by atoms with van der Waals surface area (Å²) >= 11 is 0. The lowest BCUT2D eigenvalue weighted by atomic mass is 9.96. The summed E-state index contributed by atoms with van der Waals surface area (Å²) in [4.78, 5) is 13.7. The van der Waals surface area contributed by atoms with Crippen molar-refractivity contribution in [3.63, 3.8) is 0 Å². The molecule has 8 heteroatoms. The third-order valence-electron chi connectivity index (χ3n) is 5.71. The Kier molecular flexibility index (Phi) is 4.78. The number of hydrogen-bond acceptors (Lipinski definition) is 7. The van der Waals surface area contributed by atoms with Gasteiger partial charge in [0.1, 0.15) is 0 Å². The normalized spacial score (nSPS) is 16.7. The minimum absolute atomic E-state index is 0.188. The molecule has 0 spiro atoms. The van der Waals surface area contributed by atoms with Crippen molar-refractivity contribution in [3.8, 4) is 11.1 Å². The zero-order chi connectivity index (χ0) is 21.5. The van der Waals surface area contributed by atoms with Gasteiger partial charge in [-0.15, -0.1) is 5.10 Å². The Hall–Kier alpha value is -3.52. The van der Waals surface area contributed by atoms with E-state index in [0.717, 1.165) is 45.2 Å². The Morgan fingerprint density at radius 1 is 1.23 bits per heavy atom. The fourth-order valence-electron chi connectivity index (χ4n) is 4.20. The van der Waals surface area contributed by atoms with Gasteiger partial charge in [0.05, 0.1) is 30.8 Å². The maximum Gasteiger partial charge on any atom is 0.222 e. The number of nitrogens with zero attached hydrogens (tertiary/aromatic N) is 4. The van der Waals surface area contributed by atoms with Crippen LogP contribution in [0, 0.1) is 6.92 Å². The predicted molar refractivity (Wildman–Crippen MR) is 119 cm³/mol. The van der Waals surface area contributed by atoms with E-state index in [-0.39, 0.29) is 11.9 Å². The highest BCUT2D eigenvalue weighted by atomic mass is 16.5. The number of amides is 1. The Bertz CT molecular complexity index is 1300. The summed E-state index contributed by atoms with van der Waals surface area (Å²) in [6, 6.07) is 10.4. The molecule has 0 saturated carbocycles. The van der Waals surface area contributed by atoms with Crippen molar-refractivity contribution in [1.82, 2.24) is 15.4 Å². The number of carbonyl (C=O) groups is 1. The first-order chi connectivity index (χ1) is 15.0. The van der Waals surface area contributed by atoms with Gasteiger partial charge >= 0.3 is 0 Å². The average molecular weight is 417 g/mol. The van der Waals surface area contributed by atoms with Crippen LogP contribution >= 0.6 is 0 Å². The SMILES string of the molecule is CC(=O)Nc1noc2c(-c3ccc4c(N5CCOC[C@@H]5C)nncc4c3)c(C)ccc12. The van der Waals surface area contributed by atoms with Gasteiger partial charge < -0.3 is 19.5 Å². The largest absolute Gasteiger partial charge is 0.377 e. The second-order valence-corrected chi connectivity index (χ2v) is 7.93. The van der Waals surface area contributed by atoms with Crippen LogP contribution in [-0.4, -0.2) is 47.1 Å². The van der Waals surface area contributed by atoms with Crippen LogP contribution in [0.4, 0.5) is 11.6 Å². The summed E-state index contributed by atoms with van der Waals surface area (Å²) in [5.74, 6) is 1.12. The maximum absolute atomic E-state index is 11.5. The van der Waals surface area contributed by atoms with Crippen molar-refractivity contribution >= 4 is 39.3 Å². The summed E-state index contributed by atoms with van der Waals surface area (Å²) in [6.45, 7) is 7.77. The van der Waals surface area contributed by atoms with E-state index in [9.17, 15) is 4.79 Å². The van der Waals surface area contributed by atoms with Gasteiger partial charge in [0.25, 0.3) is 0 Å². The molecule has 0 bridgehead atoms. The van der Waals surface area contributed by atoms with Crippen LogP contribution in [0.15, 0.2) is 41.1 Å². The fraction of sp³-hybridized carbons (Fsp3) is 0.304. The van der Waals surface area contributed by atoms with Gasteiger partial charge in [-0.3, -0.25) is 4.79 Å². The number of fused-ring (bicyclic) bond motifs is 2. The minimum Gasteiger partial charge on any atom is -0.377 e. The lowest BCUT2D eigenvalue weighted by Crippen LogP contribution is -2.44. The molecule has 1 N–H and O–H groups in total. The summed E-state index contributed by atoms with van der Waals surface area (Å²) in [7, 11) is 0. The van der Waals surface area contributed by atoms with Gasteiger partial charge in [-0.25, -0.2) is 0 Å². The molecule has 158 valence electrons. The molecule has 2 aromatic heterocycles. The third-order valence-corrected chi connectivity index (χ3v) is 5.71. The summed E-state index contributed by atoms with van der Waals surface area (Å²) in [5.41, 5.74) is 3.64. The first-order valence-corrected chi connectivity index (χ1v) is 10.3. The number of hydrogen-bond donors (Lipinski definition) is 1. The highest BCUT2D eigenvalue weighted by Gasteiger charge is 2.23. The lowest BCUT2D eigenvalue weighted by molar-refractivity contribution is -0.114. The van der Waals surface area contributed by atoms with Crippen LogP contribution in [0.1, 0.15) is 19.4 Å². The first kappa shape index (κ1) is 19.4. The smallest absolute Gasteiger partial charge is 0.222 e. The molecule has 3 heterocycles. The molecule has 0 radical (unpaired) electrons. The molecular formula is C23H23N5O3. The monoisotopic (exact) mass is 417 g/mol. The summed E-state index contributed by atoms with van der Waals surface area (Å²) < 4.78 is 11.2. The second kappa shape index (κ2) is 7.63. The van der Waals surface area contributed by atoms with E-state index < -0.39 is 0 Å². The highest BCUT2D eigenvalue weighted by Crippen LogP contribution is 2.37. The molecule has 1 amide bonds. The van der Waals surface area contributed by atoms with E-state index in [2.05, 4.69) is 50.7 Å². The van der Waals surface area contributed by atoms with Gasteiger partial charge in [-0.05, 0) is 43.2 Å². The third kappa shape index (κ3) is 3.38. The second-order valence-electron chi connectivity index (χ2n) is 7.93. The van der Waals surface area contributed by atoms with Crippen LogP contribution < -0.4 is 10.2 Å². The van der Waals surface area contributed by atoms with Gasteiger partial charge in [0, 0.05) is 29.8 Å². The summed E-state index contributed by atoms with van der Waals surface area (Å²) in [6.07, 6.45) is 1.78. The number of aromatic nitrogens is 3. The van der Waals surface area contributed by atoms with E-state index >= 15 is 0 Å². The number of anilines is 2. The number of carbonyl (C=O) groups excluding carboxylic acids is 1. The van der Waals surface area contributed by atoms with Crippen LogP contribution in [0.2, 0.25) is 0 Å². The molecule has 1 aliphatic heterocycles. The van der Waals surface area contributed by atoms with Crippen LogP contribution in [0.3, 0.4) is 0 Å². The number of benzene rings is 2. The van der Waals surface area contributed by atoms with Crippen LogP contribution in [0.25, 0.3) is 32.9 Å². The van der Waals surface area contributed by atoms with Crippen molar-refractivity contribution in [2.24, 2.45) is 0 Å². The highest BCUT2D eigenvalue weighted by molar-refractivity contribution is 6.05. The van der Waals surface area contributed by atoms with E-state index in [1.165, 1.54) is 6.92 Å². The van der Waals surface area contributed by atoms with Gasteiger partial charge in [0.2, 0.25) is 5.91 Å². The quantitative estimate of drug-likeness (QED) is 0.540. The molecular weight excluding hydrogens is 394 g/mol. The van der Waals surface area contributed by atoms with Crippen LogP contribution in [-0.2, 0) is 9.53 Å². The van der Waals surface area contributed by atoms with Crippen molar-refractivity contribution in [3.05, 3.63) is 42.1 Å². The number of morpholine rings is 1. The maximum atomic E-state index is 11.5. The lowest BCUT2D eigenvalue weighted by Gasteiger charge is -2.34. The molecule has 0 unspecified atom stereocenters. The van der Waals surface area contributed by atoms with Crippen molar-refractivity contribution in [2.75, 3.05) is 30.0 Å². The minimum atomic E-state index is -0.188. The van der Waals surface area contributed by atoms with E-state index in [0.29, 0.717) is 24.6 Å². The van der Waals surface area contributed by atoms with E-state index in [4.69, 9.17) is 9.26 Å². The predicted octanol–water partition coefficient (Wildman–Crippen LogP) is 3.93. The van der Waals surface area contributed by atoms with E-state index in [1.54, 1.807) is 6.20 Å². The van der Waals surface area contributed by atoms with Crippen molar-refractivity contribution in [1.29, 1.82) is 0 Å². The molecule has 4 aromatic rings. The molecule has 2 aromatic carbocycles. The Labute approximate surface area is 179 Å². The number of rotatable bonds is 3. The zero-order valence-electron chi connectivity index (χ0n) is 17.7. The number of ether oxygens (including phenoxy) is 1. The molecule has 0 aliphatic carbocycles. The topological polar surface area (TPSA) is 93.4 Å². The van der Waals surface area contributed by atoms with Crippen molar-refractivity contribution in [2.45, 2.75) is 26.8 Å². The molecule has 5 rings (SSSR count). The van der Waals surface area contributed by atoms with Crippen LogP contribution in [0.5, 0.6) is 0 Å². The fourth-order valence-corrected chi connectivity index (χ4v) is 4.20.